The molecule has 0 fully saturated rings. The molecule has 1 rings (SSSR count). The highest BCUT2D eigenvalue weighted by molar-refractivity contribution is 5.38. The quantitative estimate of drug-likeness (QED) is 0.728. The molecule has 0 aliphatic rings. The van der Waals surface area contributed by atoms with E-state index in [4.69, 9.17) is 5.73 Å². The Hall–Kier alpha value is -1.09. The van der Waals surface area contributed by atoms with Crippen LogP contribution >= 0.6 is 0 Å². The Balaban J connectivity index is 2.37. The Morgan fingerprint density at radius 2 is 2.20 bits per heavy atom. The van der Waals surface area contributed by atoms with Crippen molar-refractivity contribution in [3.63, 3.8) is 0 Å². The van der Waals surface area contributed by atoms with Crippen molar-refractivity contribution in [1.29, 1.82) is 0 Å². The maximum absolute atomic E-state index is 5.79. The van der Waals surface area contributed by atoms with Crippen LogP contribution in [0.2, 0.25) is 0 Å². The van der Waals surface area contributed by atoms with E-state index >= 15 is 0 Å². The highest BCUT2D eigenvalue weighted by Crippen LogP contribution is 2.10. The van der Waals surface area contributed by atoms with Gasteiger partial charge in [-0.1, -0.05) is 25.8 Å². The van der Waals surface area contributed by atoms with Gasteiger partial charge in [-0.25, -0.2) is 4.98 Å². The molecule has 0 amide bonds. The summed E-state index contributed by atoms with van der Waals surface area (Å²) in [6.45, 7) is 4.24. The van der Waals surface area contributed by atoms with Gasteiger partial charge in [-0.2, -0.15) is 0 Å². The summed E-state index contributed by atoms with van der Waals surface area (Å²) in [6.07, 6.45) is 5.55. The summed E-state index contributed by atoms with van der Waals surface area (Å²) >= 11 is 0. The number of hydrogen-bond acceptors (Lipinski definition) is 3. The molecule has 0 bridgehead atoms. The van der Waals surface area contributed by atoms with E-state index in [9.17, 15) is 0 Å². The van der Waals surface area contributed by atoms with Gasteiger partial charge >= 0.3 is 0 Å². The average molecular weight is 207 g/mol. The minimum absolute atomic E-state index is 0.653. The van der Waals surface area contributed by atoms with E-state index < -0.39 is 0 Å². The minimum atomic E-state index is 0.653. The van der Waals surface area contributed by atoms with E-state index in [2.05, 4.69) is 23.9 Å². The van der Waals surface area contributed by atoms with Gasteiger partial charge in [-0.3, -0.25) is 0 Å². The van der Waals surface area contributed by atoms with Crippen LogP contribution in [0.4, 0.5) is 5.82 Å². The molecule has 0 radical (unpaired) electrons. The molecule has 0 aliphatic heterocycles. The van der Waals surface area contributed by atoms with Gasteiger partial charge in [-0.05, 0) is 26.1 Å². The summed E-state index contributed by atoms with van der Waals surface area (Å²) < 4.78 is 0. The van der Waals surface area contributed by atoms with E-state index in [1.807, 2.05) is 12.1 Å². The van der Waals surface area contributed by atoms with Crippen molar-refractivity contribution >= 4 is 5.82 Å². The molecule has 1 heterocycles. The molecule has 15 heavy (non-hydrogen) atoms. The molecule has 1 aromatic rings. The Morgan fingerprint density at radius 3 is 2.87 bits per heavy atom. The smallest absolute Gasteiger partial charge is 0.127 e. The van der Waals surface area contributed by atoms with Crippen molar-refractivity contribution in [2.45, 2.75) is 32.7 Å². The molecule has 1 aromatic heterocycles. The third-order valence-electron chi connectivity index (χ3n) is 2.51. The summed E-state index contributed by atoms with van der Waals surface area (Å²) in [4.78, 5) is 6.37. The average Bonchev–Trinajstić information content (AvgIpc) is 2.22. The van der Waals surface area contributed by atoms with Crippen LogP contribution in [-0.2, 0) is 6.54 Å². The van der Waals surface area contributed by atoms with Crippen LogP contribution in [-0.4, -0.2) is 23.5 Å². The first-order valence-electron chi connectivity index (χ1n) is 5.62. The molecular weight excluding hydrogens is 186 g/mol. The monoisotopic (exact) mass is 207 g/mol. The van der Waals surface area contributed by atoms with Crippen LogP contribution in [0, 0.1) is 0 Å². The van der Waals surface area contributed by atoms with E-state index in [0.717, 1.165) is 18.7 Å². The van der Waals surface area contributed by atoms with E-state index in [0.29, 0.717) is 5.82 Å². The van der Waals surface area contributed by atoms with Gasteiger partial charge in [0.1, 0.15) is 5.82 Å². The summed E-state index contributed by atoms with van der Waals surface area (Å²) in [6, 6.07) is 3.98. The van der Waals surface area contributed by atoms with Gasteiger partial charge in [0.15, 0.2) is 0 Å². The first-order valence-corrected chi connectivity index (χ1v) is 5.62. The van der Waals surface area contributed by atoms with E-state index in [-0.39, 0.29) is 0 Å². The summed E-state index contributed by atoms with van der Waals surface area (Å²) in [5, 5.41) is 0. The lowest BCUT2D eigenvalue weighted by molar-refractivity contribution is 0.318. The molecule has 2 N–H and O–H groups in total. The van der Waals surface area contributed by atoms with Crippen LogP contribution in [0.3, 0.4) is 0 Å². The normalized spacial score (nSPS) is 10.9. The lowest BCUT2D eigenvalue weighted by Gasteiger charge is -2.16. The molecule has 0 atom stereocenters. The van der Waals surface area contributed by atoms with Crippen molar-refractivity contribution in [2.75, 3.05) is 19.3 Å². The lowest BCUT2D eigenvalue weighted by atomic mass is 10.2. The van der Waals surface area contributed by atoms with Crippen molar-refractivity contribution in [1.82, 2.24) is 9.88 Å². The van der Waals surface area contributed by atoms with Gasteiger partial charge in [0.25, 0.3) is 0 Å². The van der Waals surface area contributed by atoms with Crippen molar-refractivity contribution in [3.8, 4) is 0 Å². The molecule has 0 aliphatic carbocycles. The van der Waals surface area contributed by atoms with Crippen LogP contribution in [0.25, 0.3) is 0 Å². The van der Waals surface area contributed by atoms with Crippen molar-refractivity contribution in [2.24, 2.45) is 0 Å². The fourth-order valence-electron chi connectivity index (χ4n) is 1.59. The predicted molar refractivity (Wildman–Crippen MR) is 64.5 cm³/mol. The Labute approximate surface area is 92.3 Å². The second-order valence-corrected chi connectivity index (χ2v) is 3.99. The molecule has 0 spiro atoms. The Bertz CT molecular complexity index is 286. The van der Waals surface area contributed by atoms with Crippen LogP contribution in [0.15, 0.2) is 18.3 Å². The summed E-state index contributed by atoms with van der Waals surface area (Å²) in [5.74, 6) is 0.653. The second-order valence-electron chi connectivity index (χ2n) is 3.99. The molecule has 84 valence electrons. The largest absolute Gasteiger partial charge is 0.383 e. The number of nitrogens with two attached hydrogens (primary N) is 1. The standard InChI is InChI=1S/C12H21N3/c1-3-4-5-9-15(2)10-11-7-6-8-14-12(11)13/h6-8H,3-5,9-10H2,1-2H3,(H2,13,14). The number of unbranched alkanes of at least 4 members (excludes halogenated alkanes) is 2. The fourth-order valence-corrected chi connectivity index (χ4v) is 1.59. The number of aromatic nitrogens is 1. The van der Waals surface area contributed by atoms with Gasteiger partial charge < -0.3 is 10.6 Å². The predicted octanol–water partition coefficient (Wildman–Crippen LogP) is 2.29. The Morgan fingerprint density at radius 1 is 1.40 bits per heavy atom. The molecule has 0 saturated heterocycles. The Kier molecular flexibility index (Phi) is 5.12. The number of rotatable bonds is 6. The molecule has 3 heteroatoms. The number of anilines is 1. The number of hydrogen-bond donors (Lipinski definition) is 1. The number of nitrogen functional groups attached to an aromatic ring is 1. The minimum Gasteiger partial charge on any atom is -0.383 e. The lowest BCUT2D eigenvalue weighted by Crippen LogP contribution is -2.20. The first-order chi connectivity index (χ1) is 7.24. The topological polar surface area (TPSA) is 42.2 Å². The SMILES string of the molecule is CCCCCN(C)Cc1cccnc1N. The van der Waals surface area contributed by atoms with Gasteiger partial charge in [0, 0.05) is 18.3 Å². The van der Waals surface area contributed by atoms with Crippen LogP contribution in [0.1, 0.15) is 31.7 Å². The second kappa shape index (κ2) is 6.40. The zero-order chi connectivity index (χ0) is 11.1. The van der Waals surface area contributed by atoms with Crippen molar-refractivity contribution < 1.29 is 0 Å². The third-order valence-corrected chi connectivity index (χ3v) is 2.51. The molecular formula is C12H21N3. The third kappa shape index (κ3) is 4.30. The highest BCUT2D eigenvalue weighted by atomic mass is 15.1. The summed E-state index contributed by atoms with van der Waals surface area (Å²) in [7, 11) is 2.13. The zero-order valence-corrected chi connectivity index (χ0v) is 9.74. The van der Waals surface area contributed by atoms with Crippen molar-refractivity contribution in [3.05, 3.63) is 23.9 Å². The fraction of sp³-hybridized carbons (Fsp3) is 0.583. The highest BCUT2D eigenvalue weighted by Gasteiger charge is 2.03. The molecule has 0 aromatic carbocycles. The number of pyridine rings is 1. The maximum atomic E-state index is 5.79. The molecule has 3 nitrogen and oxygen atoms in total. The van der Waals surface area contributed by atoms with Gasteiger partial charge in [-0.15, -0.1) is 0 Å². The number of nitrogens with zero attached hydrogens (tertiary/aromatic N) is 2. The van der Waals surface area contributed by atoms with E-state index in [1.165, 1.54) is 19.3 Å². The first kappa shape index (κ1) is 12.0. The van der Waals surface area contributed by atoms with Gasteiger partial charge in [0.2, 0.25) is 0 Å². The molecule has 0 unspecified atom stereocenters. The van der Waals surface area contributed by atoms with Gasteiger partial charge in [0.05, 0.1) is 0 Å². The molecule has 0 saturated carbocycles. The van der Waals surface area contributed by atoms with Crippen LogP contribution in [0.5, 0.6) is 0 Å². The van der Waals surface area contributed by atoms with E-state index in [1.54, 1.807) is 6.20 Å². The van der Waals surface area contributed by atoms with Crippen LogP contribution < -0.4 is 5.73 Å². The summed E-state index contributed by atoms with van der Waals surface area (Å²) in [5.41, 5.74) is 6.91. The maximum Gasteiger partial charge on any atom is 0.127 e. The zero-order valence-electron chi connectivity index (χ0n) is 9.74.